The van der Waals surface area contributed by atoms with E-state index in [4.69, 9.17) is 16.3 Å². The van der Waals surface area contributed by atoms with Gasteiger partial charge in [-0.2, -0.15) is 0 Å². The highest BCUT2D eigenvalue weighted by atomic mass is 35.5. The van der Waals surface area contributed by atoms with Gasteiger partial charge in [0.2, 0.25) is 5.91 Å². The molecule has 0 radical (unpaired) electrons. The van der Waals surface area contributed by atoms with Crippen LogP contribution in [0.2, 0.25) is 5.02 Å². The van der Waals surface area contributed by atoms with Crippen LogP contribution in [0.3, 0.4) is 0 Å². The number of carbonyl (C=O) groups is 1. The zero-order valence-corrected chi connectivity index (χ0v) is 18.2. The first-order valence-corrected chi connectivity index (χ1v) is 10.6. The molecule has 3 rings (SSSR count). The minimum Gasteiger partial charge on any atom is -0.492 e. The second kappa shape index (κ2) is 9.80. The average molecular weight is 431 g/mol. The number of thioether (sulfide) groups is 1. The number of benzene rings is 2. The van der Waals surface area contributed by atoms with E-state index in [1.165, 1.54) is 11.8 Å². The number of hydrogen-bond acceptors (Lipinski definition) is 5. The maximum Gasteiger partial charge on any atom is 0.230 e. The highest BCUT2D eigenvalue weighted by molar-refractivity contribution is 7.99. The minimum atomic E-state index is -0.0875. The third-order valence-electron chi connectivity index (χ3n) is 4.17. The van der Waals surface area contributed by atoms with Crippen molar-refractivity contribution in [1.29, 1.82) is 0 Å². The molecule has 0 aliphatic rings. The first-order chi connectivity index (χ1) is 13.9. The normalized spacial score (nSPS) is 10.8. The monoisotopic (exact) mass is 430 g/mol. The molecule has 0 saturated carbocycles. The lowest BCUT2D eigenvalue weighted by molar-refractivity contribution is -0.118. The van der Waals surface area contributed by atoms with Gasteiger partial charge in [-0.1, -0.05) is 35.5 Å². The second-order valence-electron chi connectivity index (χ2n) is 6.73. The SMILES string of the molecule is Cc1cc(C)cc(OCCNC(=O)CSc2nncn2-c2ccc(C)c(Cl)c2)c1. The molecule has 0 aliphatic heterocycles. The molecule has 0 unspecified atom stereocenters. The van der Waals surface area contributed by atoms with Gasteiger partial charge >= 0.3 is 0 Å². The summed E-state index contributed by atoms with van der Waals surface area (Å²) >= 11 is 7.52. The number of hydrogen-bond donors (Lipinski definition) is 1. The molecular formula is C21H23ClN4O2S. The molecule has 0 bridgehead atoms. The fraction of sp³-hybridized carbons (Fsp3) is 0.286. The molecule has 0 spiro atoms. The third kappa shape index (κ3) is 5.98. The van der Waals surface area contributed by atoms with Crippen LogP contribution in [0.5, 0.6) is 5.75 Å². The highest BCUT2D eigenvalue weighted by Gasteiger charge is 2.11. The zero-order valence-electron chi connectivity index (χ0n) is 16.6. The summed E-state index contributed by atoms with van der Waals surface area (Å²) in [6, 6.07) is 11.8. The minimum absolute atomic E-state index is 0.0875. The predicted octanol–water partition coefficient (Wildman–Crippen LogP) is 4.13. The lowest BCUT2D eigenvalue weighted by Gasteiger charge is -2.10. The van der Waals surface area contributed by atoms with E-state index in [1.54, 1.807) is 6.33 Å². The van der Waals surface area contributed by atoms with Crippen molar-refractivity contribution in [3.05, 3.63) is 64.4 Å². The predicted molar refractivity (Wildman–Crippen MR) is 116 cm³/mol. The molecule has 152 valence electrons. The zero-order chi connectivity index (χ0) is 20.8. The number of halogens is 1. The van der Waals surface area contributed by atoms with Gasteiger partial charge in [-0.15, -0.1) is 10.2 Å². The fourth-order valence-corrected chi connectivity index (χ4v) is 3.72. The largest absolute Gasteiger partial charge is 0.492 e. The molecular weight excluding hydrogens is 408 g/mol. The molecule has 1 amide bonds. The Morgan fingerprint density at radius 2 is 1.93 bits per heavy atom. The Hall–Kier alpha value is -2.51. The van der Waals surface area contributed by atoms with Gasteiger partial charge in [-0.05, 0) is 61.7 Å². The number of amides is 1. The molecule has 1 heterocycles. The Bertz CT molecular complexity index is 986. The summed E-state index contributed by atoms with van der Waals surface area (Å²) in [4.78, 5) is 12.1. The number of carbonyl (C=O) groups excluding carboxylic acids is 1. The van der Waals surface area contributed by atoms with E-state index in [9.17, 15) is 4.79 Å². The maximum absolute atomic E-state index is 12.1. The van der Waals surface area contributed by atoms with Crippen LogP contribution in [0.4, 0.5) is 0 Å². The lowest BCUT2D eigenvalue weighted by Crippen LogP contribution is -2.29. The van der Waals surface area contributed by atoms with Crippen molar-refractivity contribution < 1.29 is 9.53 Å². The van der Waals surface area contributed by atoms with Gasteiger partial charge in [0, 0.05) is 5.02 Å². The first kappa shape index (κ1) is 21.2. The Morgan fingerprint density at radius 3 is 2.66 bits per heavy atom. The number of ether oxygens (including phenoxy) is 1. The standard InChI is InChI=1S/C21H23ClN4O2S/c1-14-8-15(2)10-18(9-14)28-7-6-23-20(27)12-29-21-25-24-13-26(21)17-5-4-16(3)19(22)11-17/h4-5,8-11,13H,6-7,12H2,1-3H3,(H,23,27). The molecule has 6 nitrogen and oxygen atoms in total. The fourth-order valence-electron chi connectivity index (χ4n) is 2.79. The first-order valence-electron chi connectivity index (χ1n) is 9.19. The van der Waals surface area contributed by atoms with Crippen molar-refractivity contribution in [2.45, 2.75) is 25.9 Å². The van der Waals surface area contributed by atoms with Gasteiger partial charge in [-0.25, -0.2) is 0 Å². The number of rotatable bonds is 8. The van der Waals surface area contributed by atoms with Crippen molar-refractivity contribution in [3.63, 3.8) is 0 Å². The third-order valence-corrected chi connectivity index (χ3v) is 5.52. The maximum atomic E-state index is 12.1. The molecule has 3 aromatic rings. The van der Waals surface area contributed by atoms with E-state index in [2.05, 4.69) is 21.6 Å². The van der Waals surface area contributed by atoms with E-state index in [0.29, 0.717) is 23.3 Å². The van der Waals surface area contributed by atoms with Crippen molar-refractivity contribution >= 4 is 29.3 Å². The summed E-state index contributed by atoms with van der Waals surface area (Å²) < 4.78 is 7.52. The molecule has 1 aromatic heterocycles. The summed E-state index contributed by atoms with van der Waals surface area (Å²) in [7, 11) is 0. The van der Waals surface area contributed by atoms with Gasteiger partial charge in [0.1, 0.15) is 18.7 Å². The van der Waals surface area contributed by atoms with E-state index in [-0.39, 0.29) is 11.7 Å². The van der Waals surface area contributed by atoms with E-state index in [0.717, 1.165) is 28.1 Å². The molecule has 2 aromatic carbocycles. The lowest BCUT2D eigenvalue weighted by atomic mass is 10.1. The summed E-state index contributed by atoms with van der Waals surface area (Å²) in [6.07, 6.45) is 1.61. The summed E-state index contributed by atoms with van der Waals surface area (Å²) in [5.74, 6) is 0.966. The topological polar surface area (TPSA) is 69.0 Å². The van der Waals surface area contributed by atoms with Gasteiger partial charge in [0.15, 0.2) is 5.16 Å². The van der Waals surface area contributed by atoms with Crippen LogP contribution in [0.1, 0.15) is 16.7 Å². The number of aryl methyl sites for hydroxylation is 3. The van der Waals surface area contributed by atoms with E-state index < -0.39 is 0 Å². The molecule has 8 heteroatoms. The molecule has 0 saturated heterocycles. The molecule has 29 heavy (non-hydrogen) atoms. The van der Waals surface area contributed by atoms with Crippen LogP contribution >= 0.6 is 23.4 Å². The Kier molecular flexibility index (Phi) is 7.17. The van der Waals surface area contributed by atoms with Gasteiger partial charge in [-0.3, -0.25) is 9.36 Å². The smallest absolute Gasteiger partial charge is 0.230 e. The number of nitrogens with one attached hydrogen (secondary N) is 1. The van der Waals surface area contributed by atoms with Gasteiger partial charge in [0.05, 0.1) is 18.0 Å². The van der Waals surface area contributed by atoms with Gasteiger partial charge < -0.3 is 10.1 Å². The van der Waals surface area contributed by atoms with E-state index in [1.807, 2.05) is 55.7 Å². The molecule has 0 aliphatic carbocycles. The van der Waals surface area contributed by atoms with Crippen molar-refractivity contribution in [3.8, 4) is 11.4 Å². The van der Waals surface area contributed by atoms with Crippen molar-refractivity contribution in [1.82, 2.24) is 20.1 Å². The molecule has 1 N–H and O–H groups in total. The Morgan fingerprint density at radius 1 is 1.17 bits per heavy atom. The Balaban J connectivity index is 1.46. The van der Waals surface area contributed by atoms with Crippen LogP contribution in [0, 0.1) is 20.8 Å². The van der Waals surface area contributed by atoms with Crippen LogP contribution in [-0.2, 0) is 4.79 Å². The second-order valence-corrected chi connectivity index (χ2v) is 8.08. The number of nitrogens with zero attached hydrogens (tertiary/aromatic N) is 3. The van der Waals surface area contributed by atoms with Crippen LogP contribution < -0.4 is 10.1 Å². The summed E-state index contributed by atoms with van der Waals surface area (Å²) in [6.45, 7) is 6.86. The number of aromatic nitrogens is 3. The highest BCUT2D eigenvalue weighted by Crippen LogP contribution is 2.23. The van der Waals surface area contributed by atoms with Gasteiger partial charge in [0.25, 0.3) is 0 Å². The van der Waals surface area contributed by atoms with Crippen molar-refractivity contribution in [2.24, 2.45) is 0 Å². The van der Waals surface area contributed by atoms with E-state index >= 15 is 0 Å². The Labute approximate surface area is 179 Å². The van der Waals surface area contributed by atoms with Crippen LogP contribution in [0.25, 0.3) is 5.69 Å². The van der Waals surface area contributed by atoms with Crippen LogP contribution in [0.15, 0.2) is 47.9 Å². The summed E-state index contributed by atoms with van der Waals surface area (Å²) in [5.41, 5.74) is 4.16. The quantitative estimate of drug-likeness (QED) is 0.429. The van der Waals surface area contributed by atoms with Crippen LogP contribution in [-0.4, -0.2) is 39.6 Å². The summed E-state index contributed by atoms with van der Waals surface area (Å²) in [5, 5.41) is 12.2. The van der Waals surface area contributed by atoms with Crippen molar-refractivity contribution in [2.75, 3.05) is 18.9 Å². The molecule has 0 fully saturated rings. The molecule has 0 atom stereocenters. The average Bonchev–Trinajstić information content (AvgIpc) is 3.13.